The molecule has 1 nitrogen and oxygen atoms in total. The lowest BCUT2D eigenvalue weighted by atomic mass is 9.92. The van der Waals surface area contributed by atoms with Crippen LogP contribution in [-0.2, 0) is 0 Å². The molecular weight excluding hydrogens is 261 g/mol. The predicted molar refractivity (Wildman–Crippen MR) is 93.5 cm³/mol. The Bertz CT molecular complexity index is 406. The molecule has 0 amide bonds. The average molecular weight is 293 g/mol. The first kappa shape index (κ1) is 19.7. The zero-order valence-corrected chi connectivity index (χ0v) is 14.7. The summed E-state index contributed by atoms with van der Waals surface area (Å²) in [4.78, 5) is 2.20. The molecule has 120 valence electrons. The maximum atomic E-state index is 12.8. The van der Waals surface area contributed by atoms with Crippen LogP contribution in [0.5, 0.6) is 0 Å². The molecule has 0 saturated carbocycles. The smallest absolute Gasteiger partial charge is 0.123 e. The van der Waals surface area contributed by atoms with E-state index >= 15 is 0 Å². The molecule has 1 aliphatic rings. The normalized spacial score (nSPS) is 13.7. The number of nitrogens with zero attached hydrogens (tertiary/aromatic N) is 1. The highest BCUT2D eigenvalue weighted by molar-refractivity contribution is 5.47. The maximum Gasteiger partial charge on any atom is 0.123 e. The van der Waals surface area contributed by atoms with E-state index in [1.54, 1.807) is 11.1 Å². The van der Waals surface area contributed by atoms with Gasteiger partial charge < -0.3 is 4.90 Å². The Morgan fingerprint density at radius 2 is 1.48 bits per heavy atom. The molecule has 0 bridgehead atoms. The van der Waals surface area contributed by atoms with Gasteiger partial charge in [-0.1, -0.05) is 38.8 Å². The number of allylic oxidation sites excluding steroid dienone is 1. The summed E-state index contributed by atoms with van der Waals surface area (Å²) >= 11 is 0. The van der Waals surface area contributed by atoms with Gasteiger partial charge in [-0.25, -0.2) is 4.39 Å². The molecule has 0 unspecified atom stereocenters. The van der Waals surface area contributed by atoms with Crippen LogP contribution >= 0.6 is 0 Å². The first-order valence-electron chi connectivity index (χ1n) is 8.31. The zero-order valence-electron chi connectivity index (χ0n) is 14.7. The molecule has 0 spiro atoms. The van der Waals surface area contributed by atoms with Crippen molar-refractivity contribution in [3.05, 3.63) is 41.2 Å². The molecular formula is C19H32FN. The van der Waals surface area contributed by atoms with E-state index < -0.39 is 0 Å². The van der Waals surface area contributed by atoms with Crippen LogP contribution in [0.1, 0.15) is 60.3 Å². The van der Waals surface area contributed by atoms with E-state index in [-0.39, 0.29) is 5.82 Å². The third-order valence-corrected chi connectivity index (χ3v) is 3.58. The fourth-order valence-electron chi connectivity index (χ4n) is 2.41. The summed E-state index contributed by atoms with van der Waals surface area (Å²) in [5.74, 6) is -0.171. The molecule has 1 aliphatic carbocycles. The Balaban J connectivity index is 0.000000921. The molecule has 0 atom stereocenters. The average Bonchev–Trinajstić information content (AvgIpc) is 2.54. The summed E-state index contributed by atoms with van der Waals surface area (Å²) < 4.78 is 12.8. The van der Waals surface area contributed by atoms with Crippen LogP contribution in [0.4, 0.5) is 10.1 Å². The first-order chi connectivity index (χ1) is 10.2. The second-order valence-electron chi connectivity index (χ2n) is 4.92. The summed E-state index contributed by atoms with van der Waals surface area (Å²) in [7, 11) is 2.07. The van der Waals surface area contributed by atoms with Gasteiger partial charge in [0.15, 0.2) is 0 Å². The Kier molecular flexibility index (Phi) is 10.7. The molecule has 0 N–H and O–H groups in total. The minimum atomic E-state index is -0.171. The van der Waals surface area contributed by atoms with Gasteiger partial charge in [-0.05, 0) is 56.9 Å². The number of likely N-dealkylation sites (N-methyl/N-ethyl adjacent to an activating group) is 1. The zero-order chi connectivity index (χ0) is 16.3. The molecule has 2 rings (SSSR count). The standard InChI is InChI=1S/C15H20FN.2C2H6/c1-12-5-3-4-6-13(12)11-17(2)15-9-7-14(16)8-10-15;2*1-2/h7-10H,3-6,11H2,1-2H3;2*1-2H3. The lowest BCUT2D eigenvalue weighted by molar-refractivity contribution is 0.627. The van der Waals surface area contributed by atoms with Crippen molar-refractivity contribution in [3.8, 4) is 0 Å². The highest BCUT2D eigenvalue weighted by Gasteiger charge is 2.11. The van der Waals surface area contributed by atoms with E-state index in [0.29, 0.717) is 0 Å². The second kappa shape index (κ2) is 11.4. The highest BCUT2D eigenvalue weighted by Crippen LogP contribution is 2.26. The monoisotopic (exact) mass is 293 g/mol. The lowest BCUT2D eigenvalue weighted by Gasteiger charge is -2.25. The van der Waals surface area contributed by atoms with Gasteiger partial charge >= 0.3 is 0 Å². The molecule has 0 saturated heterocycles. The fraction of sp³-hybridized carbons (Fsp3) is 0.579. The molecule has 1 aromatic rings. The number of hydrogen-bond acceptors (Lipinski definition) is 1. The number of anilines is 1. The molecule has 0 radical (unpaired) electrons. The van der Waals surface area contributed by atoms with Gasteiger partial charge in [0.05, 0.1) is 0 Å². The van der Waals surface area contributed by atoms with Crippen molar-refractivity contribution in [1.29, 1.82) is 0 Å². The maximum absolute atomic E-state index is 12.8. The lowest BCUT2D eigenvalue weighted by Crippen LogP contribution is -2.21. The van der Waals surface area contributed by atoms with Gasteiger partial charge in [-0.2, -0.15) is 0 Å². The highest BCUT2D eigenvalue weighted by atomic mass is 19.1. The molecule has 21 heavy (non-hydrogen) atoms. The van der Waals surface area contributed by atoms with Crippen molar-refractivity contribution in [2.24, 2.45) is 0 Å². The molecule has 0 fully saturated rings. The van der Waals surface area contributed by atoms with Crippen molar-refractivity contribution in [2.45, 2.75) is 60.3 Å². The van der Waals surface area contributed by atoms with E-state index in [2.05, 4.69) is 18.9 Å². The van der Waals surface area contributed by atoms with Crippen molar-refractivity contribution >= 4 is 5.69 Å². The quantitative estimate of drug-likeness (QED) is 0.599. The van der Waals surface area contributed by atoms with Crippen LogP contribution in [0.3, 0.4) is 0 Å². The third kappa shape index (κ3) is 6.79. The molecule has 0 aromatic heterocycles. The van der Waals surface area contributed by atoms with Crippen LogP contribution < -0.4 is 4.90 Å². The Labute approximate surface area is 130 Å². The van der Waals surface area contributed by atoms with Crippen LogP contribution in [-0.4, -0.2) is 13.6 Å². The summed E-state index contributed by atoms with van der Waals surface area (Å²) in [5, 5.41) is 0. The van der Waals surface area contributed by atoms with Crippen molar-refractivity contribution < 1.29 is 4.39 Å². The third-order valence-electron chi connectivity index (χ3n) is 3.58. The van der Waals surface area contributed by atoms with E-state index in [9.17, 15) is 4.39 Å². The number of rotatable bonds is 3. The molecule has 0 heterocycles. The van der Waals surface area contributed by atoms with E-state index in [0.717, 1.165) is 12.2 Å². The van der Waals surface area contributed by atoms with Crippen molar-refractivity contribution in [3.63, 3.8) is 0 Å². The topological polar surface area (TPSA) is 3.24 Å². The predicted octanol–water partition coefficient (Wildman–Crippen LogP) is 6.20. The van der Waals surface area contributed by atoms with Crippen LogP contribution in [0.25, 0.3) is 0 Å². The van der Waals surface area contributed by atoms with Gasteiger partial charge in [0.2, 0.25) is 0 Å². The minimum absolute atomic E-state index is 0.171. The Morgan fingerprint density at radius 1 is 0.952 bits per heavy atom. The largest absolute Gasteiger partial charge is 0.371 e. The summed E-state index contributed by atoms with van der Waals surface area (Å²) in [5.41, 5.74) is 4.19. The number of benzene rings is 1. The summed E-state index contributed by atoms with van der Waals surface area (Å²) in [6.45, 7) is 11.2. The van der Waals surface area contributed by atoms with E-state index in [4.69, 9.17) is 0 Å². The van der Waals surface area contributed by atoms with Crippen LogP contribution in [0.15, 0.2) is 35.4 Å². The number of hydrogen-bond donors (Lipinski definition) is 0. The SMILES string of the molecule is CC.CC.CC1=C(CN(C)c2ccc(F)cc2)CCCC1. The van der Waals surface area contributed by atoms with E-state index in [1.165, 1.54) is 37.8 Å². The second-order valence-corrected chi connectivity index (χ2v) is 4.92. The van der Waals surface area contributed by atoms with Crippen molar-refractivity contribution in [2.75, 3.05) is 18.5 Å². The van der Waals surface area contributed by atoms with Crippen molar-refractivity contribution in [1.82, 2.24) is 0 Å². The summed E-state index contributed by atoms with van der Waals surface area (Å²) in [6, 6.07) is 6.73. The molecule has 0 aliphatic heterocycles. The summed E-state index contributed by atoms with van der Waals surface area (Å²) in [6.07, 6.45) is 5.10. The van der Waals surface area contributed by atoms with Crippen LogP contribution in [0.2, 0.25) is 0 Å². The van der Waals surface area contributed by atoms with Crippen LogP contribution in [0, 0.1) is 5.82 Å². The van der Waals surface area contributed by atoms with Gasteiger partial charge in [-0.15, -0.1) is 0 Å². The Morgan fingerprint density at radius 3 is 2.00 bits per heavy atom. The molecule has 2 heteroatoms. The first-order valence-corrected chi connectivity index (χ1v) is 8.31. The van der Waals surface area contributed by atoms with E-state index in [1.807, 2.05) is 39.8 Å². The minimum Gasteiger partial charge on any atom is -0.371 e. The van der Waals surface area contributed by atoms with Gasteiger partial charge in [0.25, 0.3) is 0 Å². The fourth-order valence-corrected chi connectivity index (χ4v) is 2.41. The van der Waals surface area contributed by atoms with Gasteiger partial charge in [0, 0.05) is 19.3 Å². The Hall–Kier alpha value is -1.31. The van der Waals surface area contributed by atoms with Gasteiger partial charge in [0.1, 0.15) is 5.82 Å². The number of halogens is 1. The van der Waals surface area contributed by atoms with Gasteiger partial charge in [-0.3, -0.25) is 0 Å². The molecule has 1 aromatic carbocycles.